The Morgan fingerprint density at radius 1 is 0.226 bits per heavy atom. The van der Waals surface area contributed by atoms with Gasteiger partial charge in [-0.3, -0.25) is 13.7 Å². The fourth-order valence-electron chi connectivity index (χ4n) is 23.8. The van der Waals surface area contributed by atoms with E-state index in [1.165, 1.54) is 158 Å². The molecule has 4 aliphatic carbocycles. The van der Waals surface area contributed by atoms with E-state index in [9.17, 15) is 0 Å². The molecule has 648 valence electrons. The summed E-state index contributed by atoms with van der Waals surface area (Å²) in [7, 11) is 0. The normalized spacial score (nSPS) is 14.2. The van der Waals surface area contributed by atoms with Gasteiger partial charge in [-0.2, -0.15) is 0 Å². The predicted molar refractivity (Wildman–Crippen MR) is 568 cm³/mol. The van der Waals surface area contributed by atoms with Crippen LogP contribution in [0.1, 0.15) is 99.9 Å². The average molecular weight is 1780 g/mol. The van der Waals surface area contributed by atoms with E-state index in [2.05, 4.69) is 433 Å². The summed E-state index contributed by atoms with van der Waals surface area (Å²) in [6.07, 6.45) is 0. The topological polar surface area (TPSA) is 105 Å². The number of nitrogens with zero attached hydrogens (tertiary/aromatic N) is 9. The summed E-state index contributed by atoms with van der Waals surface area (Å²) in [6, 6.07) is 138. The van der Waals surface area contributed by atoms with Gasteiger partial charge in [-0.05, 0) is 196 Å². The number of benzene rings is 18. The van der Waals surface area contributed by atoms with Crippen LogP contribution in [-0.2, 0) is 21.7 Å². The maximum absolute atomic E-state index is 6.54. The molecule has 18 aromatic carbocycles. The SMILES string of the molecule is CC1(C)c2ccccc2-c2cc(-c3nc(-n4c5ccccc5c5cc6ccccc6cc54)nc4c3oc3ccccc34)ccc21.CC1(C)c2ccccc2-c2ccc(-c3nc(-n4c5ccccc5c5cc6ccccc6cc54)nc4c3C(C)(C)c3ccccc3-4)cc21.CC1(C)c2ccccc2-c2ccc(-c3nc(-n4c5ccccc5c5cc6ccccc6cc54)nc4c3sc3ccccc34)cc21. The first-order valence-corrected chi connectivity index (χ1v) is 48.2. The lowest BCUT2D eigenvalue weighted by Gasteiger charge is -2.25. The van der Waals surface area contributed by atoms with E-state index in [1.54, 1.807) is 11.3 Å². The Hall–Kier alpha value is -16.6. The zero-order valence-electron chi connectivity index (χ0n) is 76.7. The molecule has 30 rings (SSSR count). The molecule has 0 atom stereocenters. The highest BCUT2D eigenvalue weighted by Crippen LogP contribution is 2.57. The predicted octanol–water partition coefficient (Wildman–Crippen LogP) is 32.7. The van der Waals surface area contributed by atoms with Crippen LogP contribution in [0.4, 0.5) is 0 Å². The highest BCUT2D eigenvalue weighted by molar-refractivity contribution is 7.26. The second kappa shape index (κ2) is 29.0. The van der Waals surface area contributed by atoms with Crippen LogP contribution in [0.25, 0.3) is 236 Å². The zero-order chi connectivity index (χ0) is 91.4. The number of fused-ring (bicyclic) bond motifs is 30. The summed E-state index contributed by atoms with van der Waals surface area (Å²) in [5.41, 5.74) is 36.2. The molecule has 0 saturated carbocycles. The van der Waals surface area contributed by atoms with Crippen LogP contribution in [0.15, 0.2) is 387 Å². The molecule has 8 aromatic heterocycles. The Morgan fingerprint density at radius 2 is 0.569 bits per heavy atom. The van der Waals surface area contributed by atoms with Crippen molar-refractivity contribution in [2.75, 3.05) is 0 Å². The highest BCUT2D eigenvalue weighted by Gasteiger charge is 2.43. The second-order valence-corrected chi connectivity index (χ2v) is 40.6. The van der Waals surface area contributed by atoms with Gasteiger partial charge in [0.2, 0.25) is 17.8 Å². The molecule has 11 heteroatoms. The maximum atomic E-state index is 6.54. The van der Waals surface area contributed by atoms with Crippen molar-refractivity contribution in [3.63, 3.8) is 0 Å². The van der Waals surface area contributed by atoms with E-state index >= 15 is 0 Å². The zero-order valence-corrected chi connectivity index (χ0v) is 77.5. The van der Waals surface area contributed by atoms with E-state index in [1.807, 2.05) is 18.2 Å². The molecule has 0 N–H and O–H groups in total. The van der Waals surface area contributed by atoms with Crippen LogP contribution in [0, 0.1) is 0 Å². The van der Waals surface area contributed by atoms with Gasteiger partial charge < -0.3 is 4.42 Å². The number of hydrogen-bond donors (Lipinski definition) is 0. The molecule has 0 amide bonds. The van der Waals surface area contributed by atoms with Gasteiger partial charge in [0.1, 0.15) is 16.8 Å². The van der Waals surface area contributed by atoms with Crippen molar-refractivity contribution in [2.24, 2.45) is 0 Å². The van der Waals surface area contributed by atoms with E-state index in [-0.39, 0.29) is 21.7 Å². The molecule has 137 heavy (non-hydrogen) atoms. The van der Waals surface area contributed by atoms with Gasteiger partial charge in [0.25, 0.3) is 0 Å². The number of hydrogen-bond acceptors (Lipinski definition) is 8. The van der Waals surface area contributed by atoms with Crippen molar-refractivity contribution in [2.45, 2.75) is 77.0 Å². The third kappa shape index (κ3) is 11.5. The first-order chi connectivity index (χ1) is 66.9. The van der Waals surface area contributed by atoms with Gasteiger partial charge in [-0.15, -0.1) is 11.3 Å². The van der Waals surface area contributed by atoms with Crippen molar-refractivity contribution >= 4 is 151 Å². The summed E-state index contributed by atoms with van der Waals surface area (Å²) in [4.78, 5) is 32.5. The largest absolute Gasteiger partial charge is 0.452 e. The Balaban J connectivity index is 0.000000102. The Bertz CT molecular complexity index is 9790. The molecule has 8 heterocycles. The van der Waals surface area contributed by atoms with Gasteiger partial charge in [0, 0.05) is 97.3 Å². The van der Waals surface area contributed by atoms with Crippen molar-refractivity contribution in [1.29, 1.82) is 0 Å². The number of furan rings is 1. The minimum atomic E-state index is -0.256. The minimum absolute atomic E-state index is 0.0677. The maximum Gasteiger partial charge on any atom is 0.236 e. The molecule has 4 aliphatic rings. The standard InChI is InChI=1S/C44H33N3.C41H27N3O.C41H27N3S/c1-43(2)34-18-10-7-15-29(34)30-22-21-28(24-36(30)43)40-39-41(32-17-8-11-19-35(32)44(39,3)4)46-42(45-40)47-37-20-12-9-16-31(37)33-23-26-13-5-6-14-27(26)25-38(33)47;1-41(2)32-16-8-5-13-27(32)30-22-26(19-20-33(30)41)37-39-38(29-15-7-10-18-36(29)45-39)43-40(42-37)44-34-17-9-6-14-28(34)31-21-24-11-3-4-12-25(24)23-35(31)44;1-41(2)32-16-8-5-13-27(32)28-20-19-26(22-33(28)41)37-39-38(30-15-7-10-18-36(30)45-39)43-40(42-37)44-34-17-9-6-14-29(34)31-21-24-11-3-4-12-25(24)23-35(31)44/h5-25H,1-4H3;2*3-23H,1-2H3. The fraction of sp³-hybridized carbons (Fsp3) is 0.0952. The number of aromatic nitrogens is 9. The molecule has 0 radical (unpaired) electrons. The molecular weight excluding hydrogens is 1690 g/mol. The van der Waals surface area contributed by atoms with Gasteiger partial charge in [-0.1, -0.05) is 347 Å². The summed E-state index contributed by atoms with van der Waals surface area (Å²) in [6.45, 7) is 18.6. The van der Waals surface area contributed by atoms with Crippen LogP contribution in [-0.4, -0.2) is 43.6 Å². The molecule has 0 unspecified atom stereocenters. The van der Waals surface area contributed by atoms with Crippen molar-refractivity contribution in [3.8, 4) is 96.3 Å². The van der Waals surface area contributed by atoms with Gasteiger partial charge in [0.05, 0.1) is 60.4 Å². The van der Waals surface area contributed by atoms with Crippen molar-refractivity contribution < 1.29 is 4.42 Å². The van der Waals surface area contributed by atoms with Crippen LogP contribution in [0.5, 0.6) is 0 Å². The fourth-order valence-corrected chi connectivity index (χ4v) is 25.0. The van der Waals surface area contributed by atoms with Crippen molar-refractivity contribution in [1.82, 2.24) is 43.6 Å². The van der Waals surface area contributed by atoms with E-state index in [4.69, 9.17) is 34.3 Å². The third-order valence-electron chi connectivity index (χ3n) is 30.6. The highest BCUT2D eigenvalue weighted by atomic mass is 32.1. The third-order valence-corrected chi connectivity index (χ3v) is 31.8. The van der Waals surface area contributed by atoms with Crippen LogP contribution < -0.4 is 0 Å². The van der Waals surface area contributed by atoms with Crippen LogP contribution in [0.2, 0.25) is 0 Å². The quantitative estimate of drug-likeness (QED) is 0.163. The molecule has 10 nitrogen and oxygen atoms in total. The lowest BCUT2D eigenvalue weighted by molar-refractivity contribution is 0.655. The number of thiophene rings is 1. The molecule has 26 aromatic rings. The van der Waals surface area contributed by atoms with E-state index in [0.29, 0.717) is 23.4 Å². The number of rotatable bonds is 6. The molecular formula is C126H87N9OS. The summed E-state index contributed by atoms with van der Waals surface area (Å²) >= 11 is 1.78. The molecule has 0 spiro atoms. The Labute approximate surface area is 793 Å². The van der Waals surface area contributed by atoms with Gasteiger partial charge in [-0.25, -0.2) is 29.9 Å². The summed E-state index contributed by atoms with van der Waals surface area (Å²) in [5.74, 6) is 2.04. The number of para-hydroxylation sites is 4. The molecule has 0 saturated heterocycles. The monoisotopic (exact) mass is 1770 g/mol. The second-order valence-electron chi connectivity index (χ2n) is 39.6. The average Bonchev–Trinajstić information content (AvgIpc) is 1.54. The summed E-state index contributed by atoms with van der Waals surface area (Å²) < 4.78 is 15.6. The first kappa shape index (κ1) is 79.0. The Kier molecular flexibility index (Phi) is 16.7. The minimum Gasteiger partial charge on any atom is -0.452 e. The van der Waals surface area contributed by atoms with Gasteiger partial charge in [0.15, 0.2) is 5.58 Å². The lowest BCUT2D eigenvalue weighted by Crippen LogP contribution is -2.18. The lowest BCUT2D eigenvalue weighted by atomic mass is 9.79. The Morgan fingerprint density at radius 3 is 1.08 bits per heavy atom. The van der Waals surface area contributed by atoms with Crippen LogP contribution >= 0.6 is 11.3 Å². The molecule has 0 fully saturated rings. The molecule has 0 aliphatic heterocycles. The van der Waals surface area contributed by atoms with E-state index < -0.39 is 0 Å². The molecule has 0 bridgehead atoms. The smallest absolute Gasteiger partial charge is 0.236 e. The summed E-state index contributed by atoms with van der Waals surface area (Å²) in [5, 5.41) is 16.6. The van der Waals surface area contributed by atoms with Crippen LogP contribution in [0.3, 0.4) is 0 Å². The van der Waals surface area contributed by atoms with E-state index in [0.717, 1.165) is 99.3 Å². The van der Waals surface area contributed by atoms with Gasteiger partial charge >= 0.3 is 0 Å². The van der Waals surface area contributed by atoms with Crippen molar-refractivity contribution in [3.05, 3.63) is 427 Å². The first-order valence-electron chi connectivity index (χ1n) is 47.4.